The van der Waals surface area contributed by atoms with Crippen molar-refractivity contribution in [2.45, 2.75) is 39.3 Å². The monoisotopic (exact) mass is 409 g/mol. The number of hydrogen-bond acceptors (Lipinski definition) is 3. The lowest BCUT2D eigenvalue weighted by molar-refractivity contribution is -0.122. The smallest absolute Gasteiger partial charge is 0.320 e. The summed E-state index contributed by atoms with van der Waals surface area (Å²) in [5.41, 5.74) is 0.458. The maximum absolute atomic E-state index is 13.6. The second-order valence-corrected chi connectivity index (χ2v) is 7.33. The zero-order chi connectivity index (χ0) is 21.7. The van der Waals surface area contributed by atoms with Gasteiger partial charge in [0.1, 0.15) is 12.4 Å². The molecule has 1 heterocycles. The molecule has 0 aliphatic heterocycles. The molecule has 1 aromatic heterocycles. The van der Waals surface area contributed by atoms with E-state index in [-0.39, 0.29) is 18.5 Å². The maximum Gasteiger partial charge on any atom is 0.320 e. The Hall–Kier alpha value is -3.48. The zero-order valence-electron chi connectivity index (χ0n) is 17.0. The van der Waals surface area contributed by atoms with Gasteiger partial charge in [-0.1, -0.05) is 36.4 Å². The van der Waals surface area contributed by atoms with Crippen LogP contribution in [0.1, 0.15) is 24.5 Å². The summed E-state index contributed by atoms with van der Waals surface area (Å²) in [4.78, 5) is 37.3. The third kappa shape index (κ3) is 5.11. The SMILES string of the molecule is Cc1ccc(F)cc1-n1ccn(CC(=O)N[C@@H](C)CCc2ccccc2)c(=O)c1=O. The molecule has 30 heavy (non-hydrogen) atoms. The molecule has 0 bridgehead atoms. The fourth-order valence-electron chi connectivity index (χ4n) is 3.24. The van der Waals surface area contributed by atoms with E-state index in [2.05, 4.69) is 5.32 Å². The Kier molecular flexibility index (Phi) is 6.61. The molecule has 6 nitrogen and oxygen atoms in total. The minimum absolute atomic E-state index is 0.0799. The number of nitrogens with one attached hydrogen (secondary N) is 1. The molecule has 3 aromatic rings. The van der Waals surface area contributed by atoms with Crippen molar-refractivity contribution in [1.82, 2.24) is 14.5 Å². The van der Waals surface area contributed by atoms with Gasteiger partial charge in [0, 0.05) is 18.4 Å². The number of aryl methyl sites for hydroxylation is 2. The van der Waals surface area contributed by atoms with Crippen LogP contribution in [0.25, 0.3) is 5.69 Å². The molecule has 156 valence electrons. The Balaban J connectivity index is 1.67. The number of carbonyl (C=O) groups is 1. The molecule has 0 aliphatic carbocycles. The predicted octanol–water partition coefficient (Wildman–Crippen LogP) is 2.58. The van der Waals surface area contributed by atoms with Crippen molar-refractivity contribution in [1.29, 1.82) is 0 Å². The number of rotatable bonds is 7. The van der Waals surface area contributed by atoms with Gasteiger partial charge in [0.25, 0.3) is 0 Å². The van der Waals surface area contributed by atoms with Gasteiger partial charge in [-0.15, -0.1) is 0 Å². The number of halogens is 1. The highest BCUT2D eigenvalue weighted by atomic mass is 19.1. The largest absolute Gasteiger partial charge is 0.352 e. The van der Waals surface area contributed by atoms with Crippen LogP contribution in [-0.2, 0) is 17.8 Å². The summed E-state index contributed by atoms with van der Waals surface area (Å²) in [5.74, 6) is -0.854. The Bertz CT molecular complexity index is 1150. The van der Waals surface area contributed by atoms with Crippen LogP contribution < -0.4 is 16.4 Å². The van der Waals surface area contributed by atoms with Gasteiger partial charge in [-0.05, 0) is 49.9 Å². The van der Waals surface area contributed by atoms with Crippen LogP contribution in [0.3, 0.4) is 0 Å². The Morgan fingerprint density at radius 3 is 2.53 bits per heavy atom. The van der Waals surface area contributed by atoms with E-state index in [0.717, 1.165) is 22.0 Å². The molecule has 0 unspecified atom stereocenters. The molecular weight excluding hydrogens is 385 g/mol. The summed E-state index contributed by atoms with van der Waals surface area (Å²) in [5, 5.41) is 2.85. The standard InChI is InChI=1S/C23H24FN3O3/c1-16-8-11-19(24)14-20(16)27-13-12-26(22(29)23(27)30)15-21(28)25-17(2)9-10-18-6-4-3-5-7-18/h3-8,11-14,17H,9-10,15H2,1-2H3,(H,25,28)/t17-/m0/s1. The van der Waals surface area contributed by atoms with Gasteiger partial charge in [0.15, 0.2) is 0 Å². The van der Waals surface area contributed by atoms with Gasteiger partial charge in [0.2, 0.25) is 5.91 Å². The average Bonchev–Trinajstić information content (AvgIpc) is 2.73. The van der Waals surface area contributed by atoms with Gasteiger partial charge >= 0.3 is 11.1 Å². The molecule has 0 spiro atoms. The van der Waals surface area contributed by atoms with E-state index >= 15 is 0 Å². The molecule has 1 atom stereocenters. The van der Waals surface area contributed by atoms with E-state index in [1.54, 1.807) is 6.92 Å². The lowest BCUT2D eigenvalue weighted by Gasteiger charge is -2.15. The Morgan fingerprint density at radius 1 is 1.07 bits per heavy atom. The summed E-state index contributed by atoms with van der Waals surface area (Å²) >= 11 is 0. The average molecular weight is 409 g/mol. The predicted molar refractivity (Wildman–Crippen MR) is 113 cm³/mol. The highest BCUT2D eigenvalue weighted by Gasteiger charge is 2.13. The van der Waals surface area contributed by atoms with Crippen molar-refractivity contribution >= 4 is 5.91 Å². The first-order valence-corrected chi connectivity index (χ1v) is 9.77. The molecule has 2 aromatic carbocycles. The van der Waals surface area contributed by atoms with E-state index in [9.17, 15) is 18.8 Å². The summed E-state index contributed by atoms with van der Waals surface area (Å²) in [6, 6.07) is 13.9. The van der Waals surface area contributed by atoms with Crippen LogP contribution >= 0.6 is 0 Å². The topological polar surface area (TPSA) is 73.1 Å². The van der Waals surface area contributed by atoms with Gasteiger partial charge in [-0.25, -0.2) is 4.39 Å². The fraction of sp³-hybridized carbons (Fsp3) is 0.261. The molecule has 0 aliphatic rings. The van der Waals surface area contributed by atoms with Crippen molar-refractivity contribution in [3.63, 3.8) is 0 Å². The van der Waals surface area contributed by atoms with E-state index in [1.807, 2.05) is 37.3 Å². The van der Waals surface area contributed by atoms with Crippen molar-refractivity contribution < 1.29 is 9.18 Å². The quantitative estimate of drug-likeness (QED) is 0.610. The maximum atomic E-state index is 13.6. The number of carbonyl (C=O) groups excluding carboxylic acids is 1. The van der Waals surface area contributed by atoms with E-state index in [4.69, 9.17) is 0 Å². The first-order valence-electron chi connectivity index (χ1n) is 9.77. The molecule has 7 heteroatoms. The fourth-order valence-corrected chi connectivity index (χ4v) is 3.24. The van der Waals surface area contributed by atoms with Crippen molar-refractivity contribution in [3.05, 3.63) is 98.6 Å². The number of amides is 1. The molecule has 1 amide bonds. The normalized spacial score (nSPS) is 11.8. The van der Waals surface area contributed by atoms with Gasteiger partial charge in [-0.3, -0.25) is 23.5 Å². The molecular formula is C23H24FN3O3. The lowest BCUT2D eigenvalue weighted by Crippen LogP contribution is -2.44. The highest BCUT2D eigenvalue weighted by Crippen LogP contribution is 2.13. The Labute approximate surface area is 173 Å². The molecule has 3 rings (SSSR count). The molecule has 0 saturated carbocycles. The third-order valence-corrected chi connectivity index (χ3v) is 4.92. The van der Waals surface area contributed by atoms with Gasteiger partial charge in [0.05, 0.1) is 5.69 Å². The zero-order valence-corrected chi connectivity index (χ0v) is 17.0. The van der Waals surface area contributed by atoms with Crippen LogP contribution in [0.2, 0.25) is 0 Å². The lowest BCUT2D eigenvalue weighted by atomic mass is 10.1. The summed E-state index contributed by atoms with van der Waals surface area (Å²) < 4.78 is 15.7. The van der Waals surface area contributed by atoms with Crippen LogP contribution in [0.4, 0.5) is 4.39 Å². The number of nitrogens with zero attached hydrogens (tertiary/aromatic N) is 2. The van der Waals surface area contributed by atoms with Crippen LogP contribution in [-0.4, -0.2) is 21.1 Å². The number of benzene rings is 2. The van der Waals surface area contributed by atoms with E-state index < -0.39 is 16.9 Å². The third-order valence-electron chi connectivity index (χ3n) is 4.92. The first-order chi connectivity index (χ1) is 14.3. The second-order valence-electron chi connectivity index (χ2n) is 7.33. The molecule has 0 radical (unpaired) electrons. The van der Waals surface area contributed by atoms with E-state index in [0.29, 0.717) is 11.3 Å². The number of hydrogen-bond donors (Lipinski definition) is 1. The second kappa shape index (κ2) is 9.35. The van der Waals surface area contributed by atoms with Crippen LogP contribution in [0, 0.1) is 12.7 Å². The van der Waals surface area contributed by atoms with Crippen molar-refractivity contribution in [3.8, 4) is 5.69 Å². The van der Waals surface area contributed by atoms with E-state index in [1.165, 1.54) is 36.2 Å². The molecule has 0 fully saturated rings. The first kappa shape index (κ1) is 21.2. The highest BCUT2D eigenvalue weighted by molar-refractivity contribution is 5.76. The Morgan fingerprint density at radius 2 is 1.80 bits per heavy atom. The molecule has 1 N–H and O–H groups in total. The number of aromatic nitrogens is 2. The summed E-state index contributed by atoms with van der Waals surface area (Å²) in [6.07, 6.45) is 4.32. The van der Waals surface area contributed by atoms with Crippen molar-refractivity contribution in [2.75, 3.05) is 0 Å². The van der Waals surface area contributed by atoms with Gasteiger partial charge < -0.3 is 5.32 Å². The van der Waals surface area contributed by atoms with Crippen molar-refractivity contribution in [2.24, 2.45) is 0 Å². The van der Waals surface area contributed by atoms with Gasteiger partial charge in [-0.2, -0.15) is 0 Å². The summed E-state index contributed by atoms with van der Waals surface area (Å²) in [7, 11) is 0. The molecule has 0 saturated heterocycles. The van der Waals surface area contributed by atoms with Crippen LogP contribution in [0.5, 0.6) is 0 Å². The summed E-state index contributed by atoms with van der Waals surface area (Å²) in [6.45, 7) is 3.36. The minimum Gasteiger partial charge on any atom is -0.352 e. The van der Waals surface area contributed by atoms with Crippen LogP contribution in [0.15, 0.2) is 70.5 Å². The minimum atomic E-state index is -0.840.